The van der Waals surface area contributed by atoms with E-state index in [4.69, 9.17) is 0 Å². The van der Waals surface area contributed by atoms with Gasteiger partial charge in [0.05, 0.1) is 10.8 Å². The maximum atomic E-state index is 13.5. The lowest BCUT2D eigenvalue weighted by Crippen LogP contribution is -2.20. The predicted octanol–water partition coefficient (Wildman–Crippen LogP) is 2.68. The molecule has 2 nitrogen and oxygen atoms in total. The molecule has 1 aromatic heterocycles. The summed E-state index contributed by atoms with van der Waals surface area (Å²) in [6.45, 7) is 0. The Balaban J connectivity index is 2.47. The van der Waals surface area contributed by atoms with E-state index in [1.807, 2.05) is 0 Å². The molecule has 0 spiro atoms. The highest BCUT2D eigenvalue weighted by Gasteiger charge is 2.11. The van der Waals surface area contributed by atoms with Gasteiger partial charge in [0, 0.05) is 10.0 Å². The van der Waals surface area contributed by atoms with Crippen molar-refractivity contribution in [1.29, 1.82) is 0 Å². The molecule has 0 saturated carbocycles. The smallest absolute Gasteiger partial charge is 0.184 e. The van der Waals surface area contributed by atoms with E-state index in [-0.39, 0.29) is 10.4 Å². The zero-order chi connectivity index (χ0) is 11.7. The summed E-state index contributed by atoms with van der Waals surface area (Å²) in [5, 5.41) is 10.1. The molecule has 0 unspecified atom stereocenters. The van der Waals surface area contributed by atoms with Crippen LogP contribution in [0, 0.1) is 5.13 Å². The van der Waals surface area contributed by atoms with Crippen LogP contribution in [0.1, 0.15) is 9.67 Å². The molecule has 0 aliphatic carbocycles. The second-order valence-corrected chi connectivity index (χ2v) is 5.01. The Labute approximate surface area is 103 Å². The maximum absolute atomic E-state index is 13.5. The van der Waals surface area contributed by atoms with Crippen LogP contribution in [-0.2, 0) is 0 Å². The van der Waals surface area contributed by atoms with Gasteiger partial charge < -0.3 is 9.90 Å². The maximum Gasteiger partial charge on any atom is 0.184 e. The average molecular weight is 300 g/mol. The number of aromatic carboxylic acids is 1. The van der Waals surface area contributed by atoms with Crippen LogP contribution in [0.3, 0.4) is 0 Å². The van der Waals surface area contributed by atoms with Gasteiger partial charge in [0.15, 0.2) is 5.13 Å². The van der Waals surface area contributed by atoms with Crippen LogP contribution in [0.15, 0.2) is 34.8 Å². The fourth-order valence-electron chi connectivity index (χ4n) is 1.30. The van der Waals surface area contributed by atoms with Gasteiger partial charge in [-0.25, -0.2) is 0 Å². The molecule has 2 rings (SSSR count). The van der Waals surface area contributed by atoms with Crippen molar-refractivity contribution in [2.75, 3.05) is 0 Å². The first-order valence-corrected chi connectivity index (χ1v) is 5.95. The Morgan fingerprint density at radius 1 is 1.31 bits per heavy atom. The van der Waals surface area contributed by atoms with Crippen molar-refractivity contribution in [1.82, 2.24) is 0 Å². The number of carboxylic acids is 1. The lowest BCUT2D eigenvalue weighted by molar-refractivity contribution is -0.254. The number of carbonyl (C=O) groups excluding carboxylic acids is 1. The third-order valence-corrected chi connectivity index (χ3v) is 3.48. The number of hydrogen-bond acceptors (Lipinski definition) is 3. The van der Waals surface area contributed by atoms with Crippen molar-refractivity contribution in [2.45, 2.75) is 0 Å². The van der Waals surface area contributed by atoms with Gasteiger partial charge in [-0.15, -0.1) is 11.3 Å². The number of benzene rings is 1. The standard InChI is InChI=1S/C11H6BrFO2S/c12-7-3-1-6(2-4-7)8-5-9(11(14)15)16-10(8)13/h1-5H,(H,14,15)/p-1. The highest BCUT2D eigenvalue weighted by molar-refractivity contribution is 9.10. The van der Waals surface area contributed by atoms with Crippen LogP contribution < -0.4 is 5.11 Å². The molecule has 0 aliphatic rings. The summed E-state index contributed by atoms with van der Waals surface area (Å²) in [4.78, 5) is 10.5. The van der Waals surface area contributed by atoms with Gasteiger partial charge in [-0.3, -0.25) is 0 Å². The molecule has 2 aromatic rings. The second-order valence-electron chi connectivity index (χ2n) is 3.09. The van der Waals surface area contributed by atoms with Crippen LogP contribution in [0.2, 0.25) is 0 Å². The van der Waals surface area contributed by atoms with E-state index in [1.54, 1.807) is 24.3 Å². The molecule has 0 bridgehead atoms. The Kier molecular flexibility index (Phi) is 3.07. The van der Waals surface area contributed by atoms with E-state index in [0.29, 0.717) is 16.9 Å². The first-order valence-electron chi connectivity index (χ1n) is 4.34. The molecular formula is C11H5BrFO2S-. The van der Waals surface area contributed by atoms with Crippen LogP contribution in [0.25, 0.3) is 11.1 Å². The van der Waals surface area contributed by atoms with Crippen LogP contribution in [-0.4, -0.2) is 5.97 Å². The molecule has 0 aliphatic heterocycles. The molecule has 1 aromatic carbocycles. The highest BCUT2D eigenvalue weighted by atomic mass is 79.9. The van der Waals surface area contributed by atoms with E-state index in [2.05, 4.69) is 15.9 Å². The van der Waals surface area contributed by atoms with E-state index in [0.717, 1.165) is 4.47 Å². The molecule has 0 atom stereocenters. The topological polar surface area (TPSA) is 40.1 Å². The average Bonchev–Trinajstić information content (AvgIpc) is 2.62. The Morgan fingerprint density at radius 2 is 1.94 bits per heavy atom. The molecule has 1 heterocycles. The summed E-state index contributed by atoms with van der Waals surface area (Å²) < 4.78 is 14.4. The van der Waals surface area contributed by atoms with Crippen molar-refractivity contribution in [2.24, 2.45) is 0 Å². The minimum atomic E-state index is -1.35. The number of halogens is 2. The highest BCUT2D eigenvalue weighted by Crippen LogP contribution is 2.30. The molecule has 16 heavy (non-hydrogen) atoms. The van der Waals surface area contributed by atoms with Crippen LogP contribution in [0.5, 0.6) is 0 Å². The number of carbonyl (C=O) groups is 1. The van der Waals surface area contributed by atoms with Gasteiger partial charge in [-0.2, -0.15) is 4.39 Å². The minimum Gasteiger partial charge on any atom is -0.544 e. The van der Waals surface area contributed by atoms with E-state index in [9.17, 15) is 14.3 Å². The first kappa shape index (κ1) is 11.3. The molecule has 0 N–H and O–H groups in total. The van der Waals surface area contributed by atoms with Gasteiger partial charge in [0.25, 0.3) is 0 Å². The van der Waals surface area contributed by atoms with Gasteiger partial charge in [0.2, 0.25) is 0 Å². The zero-order valence-electron chi connectivity index (χ0n) is 7.87. The minimum absolute atomic E-state index is 0.101. The van der Waals surface area contributed by atoms with Gasteiger partial charge in [-0.1, -0.05) is 28.1 Å². The molecule has 0 saturated heterocycles. The second kappa shape index (κ2) is 4.35. The van der Waals surface area contributed by atoms with E-state index < -0.39 is 11.1 Å². The summed E-state index contributed by atoms with van der Waals surface area (Å²) in [5.41, 5.74) is 0.932. The monoisotopic (exact) mass is 299 g/mol. The summed E-state index contributed by atoms with van der Waals surface area (Å²) in [6.07, 6.45) is 0. The number of rotatable bonds is 2. The quantitative estimate of drug-likeness (QED) is 0.855. The fraction of sp³-hybridized carbons (Fsp3) is 0. The predicted molar refractivity (Wildman–Crippen MR) is 61.7 cm³/mol. The van der Waals surface area contributed by atoms with E-state index in [1.165, 1.54) is 6.07 Å². The van der Waals surface area contributed by atoms with Crippen molar-refractivity contribution in [3.63, 3.8) is 0 Å². The lowest BCUT2D eigenvalue weighted by Gasteiger charge is -1.98. The third kappa shape index (κ3) is 2.15. The number of hydrogen-bond donors (Lipinski definition) is 0. The third-order valence-electron chi connectivity index (χ3n) is 2.04. The first-order chi connectivity index (χ1) is 7.58. The van der Waals surface area contributed by atoms with Crippen molar-refractivity contribution < 1.29 is 14.3 Å². The van der Waals surface area contributed by atoms with Gasteiger partial charge in [0.1, 0.15) is 0 Å². The van der Waals surface area contributed by atoms with Crippen LogP contribution in [0.4, 0.5) is 4.39 Å². The SMILES string of the molecule is O=C([O-])c1cc(-c2ccc(Br)cc2)c(F)s1. The molecule has 0 amide bonds. The number of thiophene rings is 1. The molecule has 0 fully saturated rings. The largest absolute Gasteiger partial charge is 0.544 e. The number of carboxylic acid groups (broad SMARTS) is 1. The van der Waals surface area contributed by atoms with Crippen molar-refractivity contribution in [3.05, 3.63) is 44.8 Å². The van der Waals surface area contributed by atoms with Crippen molar-refractivity contribution in [3.8, 4) is 11.1 Å². The van der Waals surface area contributed by atoms with Gasteiger partial charge in [-0.05, 0) is 23.8 Å². The lowest BCUT2D eigenvalue weighted by atomic mass is 10.1. The normalized spacial score (nSPS) is 10.4. The molecule has 0 radical (unpaired) electrons. The van der Waals surface area contributed by atoms with Crippen molar-refractivity contribution >= 4 is 33.2 Å². The molecular weight excluding hydrogens is 295 g/mol. The molecule has 5 heteroatoms. The van der Waals surface area contributed by atoms with Gasteiger partial charge >= 0.3 is 0 Å². The summed E-state index contributed by atoms with van der Waals surface area (Å²) in [6, 6.07) is 8.26. The molecule has 82 valence electrons. The Hall–Kier alpha value is -1.20. The van der Waals surface area contributed by atoms with Crippen LogP contribution >= 0.6 is 27.3 Å². The fourth-order valence-corrected chi connectivity index (χ4v) is 2.30. The summed E-state index contributed by atoms with van der Waals surface area (Å²) in [7, 11) is 0. The zero-order valence-corrected chi connectivity index (χ0v) is 10.3. The Morgan fingerprint density at radius 3 is 2.44 bits per heavy atom. The van der Waals surface area contributed by atoms with E-state index >= 15 is 0 Å². The Bertz CT molecular complexity index is 533. The summed E-state index contributed by atoms with van der Waals surface area (Å²) in [5.74, 6) is -1.35. The summed E-state index contributed by atoms with van der Waals surface area (Å²) >= 11 is 3.85.